The number of aromatic nitrogens is 2. The monoisotopic (exact) mass is 755 g/mol. The molecule has 6 nitrogen and oxygen atoms in total. The van der Waals surface area contributed by atoms with Gasteiger partial charge in [-0.15, -0.1) is 0 Å². The van der Waals surface area contributed by atoms with Gasteiger partial charge in [0.25, 0.3) is 0 Å². The van der Waals surface area contributed by atoms with Crippen molar-refractivity contribution in [2.24, 2.45) is 11.0 Å². The third-order valence-corrected chi connectivity index (χ3v) is 11.0. The van der Waals surface area contributed by atoms with Crippen molar-refractivity contribution >= 4 is 34.0 Å². The molecule has 0 aliphatic carbocycles. The molecule has 0 fully saturated rings. The molecule has 0 saturated heterocycles. The number of halogens is 11. The van der Waals surface area contributed by atoms with Crippen LogP contribution in [0.25, 0.3) is 0 Å². The summed E-state index contributed by atoms with van der Waals surface area (Å²) >= 11 is -0.428. The van der Waals surface area contributed by atoms with E-state index in [0.29, 0.717) is 29.5 Å². The predicted octanol–water partition coefficient (Wildman–Crippen LogP) is 1.45. The van der Waals surface area contributed by atoms with Crippen LogP contribution in [0.1, 0.15) is 16.7 Å². The van der Waals surface area contributed by atoms with E-state index in [-0.39, 0.29) is 8.86 Å². The zero-order chi connectivity index (χ0) is 27.1. The van der Waals surface area contributed by atoms with E-state index < -0.39 is 83.6 Å². The molecule has 200 valence electrons. The number of rotatable bonds is 6. The van der Waals surface area contributed by atoms with Gasteiger partial charge in [-0.3, -0.25) is 0 Å². The summed E-state index contributed by atoms with van der Waals surface area (Å²) in [6.07, 6.45) is -15.2. The number of aliphatic hydroxyl groups is 2. The van der Waals surface area contributed by atoms with Crippen molar-refractivity contribution in [1.29, 1.82) is 0 Å². The maximum atomic E-state index is 14.2. The van der Waals surface area contributed by atoms with Gasteiger partial charge in [0.2, 0.25) is 0 Å². The van der Waals surface area contributed by atoms with Gasteiger partial charge >= 0.3 is 222 Å². The number of pyridine rings is 2. The Morgan fingerprint density at radius 1 is 0.889 bits per heavy atom. The second-order valence-electron chi connectivity index (χ2n) is 7.29. The zero-order valence-electron chi connectivity index (χ0n) is 17.4. The molecule has 17 heteroatoms. The minimum atomic E-state index is -5.35. The Hall–Kier alpha value is -1.48. The Bertz CT molecular complexity index is 1130. The van der Waals surface area contributed by atoms with Crippen molar-refractivity contribution in [2.45, 2.75) is 28.4 Å². The number of anilines is 1. The molecular weight excluding hydrogens is 741 g/mol. The molecule has 1 aliphatic heterocycles. The zero-order valence-corrected chi connectivity index (χ0v) is 21.7. The number of alkyl halides is 12. The molecule has 3 heterocycles. The third kappa shape index (κ3) is 5.82. The van der Waals surface area contributed by atoms with E-state index in [9.17, 15) is 49.7 Å². The van der Waals surface area contributed by atoms with Crippen molar-refractivity contribution in [3.8, 4) is 0 Å². The molecule has 3 atom stereocenters. The standard InChI is InChI=1S/C19H14F9I2N4O2/c20-17(21,22)10-3-9(5-31-6-10)14-13(16(36,19(26,27)28)30-2-1-29)15(35)34(33-14)12-4-11(7-32-8-12)18(23,24)25/h3-8,13,15,35-36H,1-2H2/q-1. The van der Waals surface area contributed by atoms with E-state index >= 15 is 0 Å². The average molecular weight is 755 g/mol. The van der Waals surface area contributed by atoms with E-state index in [1.807, 2.05) is 0 Å². The summed E-state index contributed by atoms with van der Waals surface area (Å²) in [4.78, 5) is 6.77. The summed E-state index contributed by atoms with van der Waals surface area (Å²) < 4.78 is 118. The molecule has 0 amide bonds. The van der Waals surface area contributed by atoms with Gasteiger partial charge in [0.15, 0.2) is 0 Å². The van der Waals surface area contributed by atoms with Crippen molar-refractivity contribution in [2.75, 3.05) is 13.9 Å². The average Bonchev–Trinajstić information content (AvgIpc) is 3.13. The van der Waals surface area contributed by atoms with Gasteiger partial charge in [-0.2, -0.15) is 0 Å². The second-order valence-corrected chi connectivity index (χ2v) is 11.9. The molecule has 2 aromatic rings. The Balaban J connectivity index is 2.22. The van der Waals surface area contributed by atoms with Gasteiger partial charge in [-0.1, -0.05) is 0 Å². The second kappa shape index (κ2) is 10.4. The Kier molecular flexibility index (Phi) is 8.36. The first kappa shape index (κ1) is 29.1. The van der Waals surface area contributed by atoms with Gasteiger partial charge in [0.1, 0.15) is 0 Å². The fourth-order valence-corrected chi connectivity index (χ4v) is 7.22. The summed E-state index contributed by atoms with van der Waals surface area (Å²) in [5.41, 5.74) is -4.65. The molecular formula is C19H14F9I2N4O2-. The summed E-state index contributed by atoms with van der Waals surface area (Å²) in [6.45, 7) is 0. The minimum absolute atomic E-state index is 0.0993. The third-order valence-electron chi connectivity index (χ3n) is 4.92. The molecule has 0 radical (unpaired) electrons. The Labute approximate surface area is 221 Å². The van der Waals surface area contributed by atoms with Crippen molar-refractivity contribution in [3.63, 3.8) is 0 Å². The van der Waals surface area contributed by atoms with Crippen LogP contribution in [0.15, 0.2) is 42.0 Å². The topological polar surface area (TPSA) is 81.8 Å². The molecule has 0 spiro atoms. The SMILES string of the molecule is OC1C(C(O)([I-]CCI)C(F)(F)F)C(c2cncc(C(F)(F)F)c2)=NN1c1cncc(C(F)(F)F)c1. The van der Waals surface area contributed by atoms with Crippen LogP contribution in [0.5, 0.6) is 0 Å². The number of hydrogen-bond donors (Lipinski definition) is 2. The first-order valence-corrected chi connectivity index (χ1v) is 13.7. The number of nitrogens with zero attached hydrogens (tertiary/aromatic N) is 4. The first-order chi connectivity index (χ1) is 16.5. The van der Waals surface area contributed by atoms with E-state index in [2.05, 4.69) is 15.1 Å². The Morgan fingerprint density at radius 3 is 1.97 bits per heavy atom. The van der Waals surface area contributed by atoms with E-state index in [0.717, 1.165) is 12.4 Å². The molecule has 2 N–H and O–H groups in total. The van der Waals surface area contributed by atoms with Gasteiger partial charge < -0.3 is 0 Å². The van der Waals surface area contributed by atoms with E-state index in [4.69, 9.17) is 0 Å². The Morgan fingerprint density at radius 2 is 1.44 bits per heavy atom. The van der Waals surface area contributed by atoms with E-state index in [1.165, 1.54) is 0 Å². The van der Waals surface area contributed by atoms with Gasteiger partial charge in [0, 0.05) is 0 Å². The van der Waals surface area contributed by atoms with Crippen molar-refractivity contribution in [1.82, 2.24) is 9.97 Å². The van der Waals surface area contributed by atoms with Crippen LogP contribution in [-0.4, -0.2) is 50.8 Å². The first-order valence-electron chi connectivity index (χ1n) is 9.56. The van der Waals surface area contributed by atoms with Crippen molar-refractivity contribution < 1.29 is 70.9 Å². The fourth-order valence-electron chi connectivity index (χ4n) is 3.30. The van der Waals surface area contributed by atoms with Crippen LogP contribution in [0.4, 0.5) is 45.2 Å². The van der Waals surface area contributed by atoms with E-state index in [1.54, 1.807) is 22.6 Å². The van der Waals surface area contributed by atoms with Crippen LogP contribution in [0.3, 0.4) is 0 Å². The number of hydrazone groups is 1. The van der Waals surface area contributed by atoms with Gasteiger partial charge in [-0.25, -0.2) is 0 Å². The molecule has 1 aliphatic rings. The molecule has 3 rings (SSSR count). The molecule has 0 aromatic carbocycles. The van der Waals surface area contributed by atoms with Crippen LogP contribution in [-0.2, 0) is 12.4 Å². The van der Waals surface area contributed by atoms with Crippen LogP contribution >= 0.6 is 22.6 Å². The molecule has 36 heavy (non-hydrogen) atoms. The van der Waals surface area contributed by atoms with Gasteiger partial charge in [-0.05, 0) is 0 Å². The summed E-state index contributed by atoms with van der Waals surface area (Å²) in [5, 5.41) is 25.9. The molecule has 0 saturated carbocycles. The predicted molar refractivity (Wildman–Crippen MR) is 112 cm³/mol. The van der Waals surface area contributed by atoms with Crippen LogP contribution in [0, 0.1) is 5.92 Å². The quantitative estimate of drug-likeness (QED) is 0.266. The fraction of sp³-hybridized carbons (Fsp3) is 0.421. The summed E-state index contributed by atoms with van der Waals surface area (Å²) in [6, 6.07) is 0.892. The number of hydrogen-bond acceptors (Lipinski definition) is 6. The molecule has 2 aromatic heterocycles. The number of aliphatic hydroxyl groups excluding tert-OH is 1. The summed E-state index contributed by atoms with van der Waals surface area (Å²) in [7, 11) is 0. The molecule has 0 bridgehead atoms. The maximum absolute atomic E-state index is 14.2. The molecule has 3 unspecified atom stereocenters. The van der Waals surface area contributed by atoms with Crippen molar-refractivity contribution in [3.05, 3.63) is 53.6 Å². The van der Waals surface area contributed by atoms with Gasteiger partial charge in [0.05, 0.1) is 0 Å². The normalized spacial score (nSPS) is 21.0. The van der Waals surface area contributed by atoms with Crippen LogP contribution in [0.2, 0.25) is 0 Å². The van der Waals surface area contributed by atoms with Crippen LogP contribution < -0.4 is 26.2 Å². The summed E-state index contributed by atoms with van der Waals surface area (Å²) in [5.74, 6) is -2.35.